The first-order valence-electron chi connectivity index (χ1n) is 20.5. The Morgan fingerprint density at radius 2 is 0.667 bits per heavy atom. The molecule has 0 heterocycles. The van der Waals surface area contributed by atoms with Gasteiger partial charge in [-0.2, -0.15) is 0 Å². The van der Waals surface area contributed by atoms with Gasteiger partial charge in [0.15, 0.2) is 8.07 Å². The zero-order valence-electron chi connectivity index (χ0n) is 33.0. The lowest BCUT2D eigenvalue weighted by Crippen LogP contribution is -2.74. The molecule has 0 atom stereocenters. The Kier molecular flexibility index (Phi) is 9.78. The van der Waals surface area contributed by atoms with E-state index in [1.54, 1.807) is 0 Å². The molecule has 0 bridgehead atoms. The number of hydrogen-bond acceptors (Lipinski definition) is 2. The van der Waals surface area contributed by atoms with E-state index < -0.39 is 16.4 Å². The summed E-state index contributed by atoms with van der Waals surface area (Å²) < 4.78 is 7.98. The lowest BCUT2D eigenvalue weighted by atomic mass is 9.92. The van der Waals surface area contributed by atoms with Crippen LogP contribution in [0.25, 0.3) is 32.7 Å². The molecule has 0 aliphatic carbocycles. The maximum atomic E-state index is 13.7. The van der Waals surface area contributed by atoms with E-state index in [1.165, 1.54) is 15.6 Å². The van der Waals surface area contributed by atoms with Gasteiger partial charge in [-0.3, -0.25) is 0 Å². The Hall–Kier alpha value is -7.25. The molecular formula is C56H42O2Si2. The van der Waals surface area contributed by atoms with Gasteiger partial charge < -0.3 is 9.53 Å². The summed E-state index contributed by atoms with van der Waals surface area (Å²) in [6.45, 7) is 0. The van der Waals surface area contributed by atoms with E-state index in [9.17, 15) is 5.11 Å². The first-order valence-corrected chi connectivity index (χ1v) is 24.4. The standard InChI is InChI=1S/C56H42O2Si2/c57-56-53(59(44-25-7-1-8-26-44,45-27-9-2-10-28-45)46-29-11-3-12-30-46)41-43-24-20-22-38-51(43)55(56)54-50-37-21-19-23-42(50)39-40-52(54)58-60(47-31-13-4-14-32-47,48-33-15-5-16-34-48)49-35-17-6-18-36-49/h1-41,57H. The monoisotopic (exact) mass is 802 g/mol. The second kappa shape index (κ2) is 15.8. The van der Waals surface area contributed by atoms with Gasteiger partial charge in [0.1, 0.15) is 11.5 Å². The third-order valence-corrected chi connectivity index (χ3v) is 20.7. The average molecular weight is 803 g/mol. The molecule has 2 nitrogen and oxygen atoms in total. The Morgan fingerprint density at radius 3 is 1.10 bits per heavy atom. The van der Waals surface area contributed by atoms with Crippen LogP contribution in [0, 0.1) is 0 Å². The van der Waals surface area contributed by atoms with Crippen LogP contribution in [-0.2, 0) is 0 Å². The van der Waals surface area contributed by atoms with Crippen molar-refractivity contribution >= 4 is 74.2 Å². The molecule has 0 saturated heterocycles. The molecule has 286 valence electrons. The maximum Gasteiger partial charge on any atom is 0.346 e. The molecule has 60 heavy (non-hydrogen) atoms. The van der Waals surface area contributed by atoms with Gasteiger partial charge in [0, 0.05) is 11.1 Å². The predicted molar refractivity (Wildman–Crippen MR) is 257 cm³/mol. The molecule has 0 aromatic heterocycles. The van der Waals surface area contributed by atoms with Crippen LogP contribution in [-0.4, -0.2) is 21.5 Å². The Bertz CT molecular complexity index is 2860. The van der Waals surface area contributed by atoms with Gasteiger partial charge in [-0.1, -0.05) is 243 Å². The van der Waals surface area contributed by atoms with Crippen LogP contribution in [0.5, 0.6) is 11.5 Å². The molecule has 0 radical (unpaired) electrons. The first kappa shape index (κ1) is 37.1. The van der Waals surface area contributed by atoms with E-state index in [0.717, 1.165) is 59.2 Å². The van der Waals surface area contributed by atoms with Crippen LogP contribution in [0.15, 0.2) is 249 Å². The lowest BCUT2D eigenvalue weighted by Gasteiger charge is -2.36. The minimum Gasteiger partial charge on any atom is -0.530 e. The Morgan fingerprint density at radius 1 is 0.317 bits per heavy atom. The molecule has 10 aromatic carbocycles. The van der Waals surface area contributed by atoms with Crippen LogP contribution >= 0.6 is 0 Å². The smallest absolute Gasteiger partial charge is 0.346 e. The second-order valence-electron chi connectivity index (χ2n) is 15.3. The molecule has 0 fully saturated rings. The van der Waals surface area contributed by atoms with Gasteiger partial charge in [0.2, 0.25) is 0 Å². The van der Waals surface area contributed by atoms with Gasteiger partial charge in [0.25, 0.3) is 0 Å². The lowest BCUT2D eigenvalue weighted by molar-refractivity contribution is 0.481. The van der Waals surface area contributed by atoms with Crippen LogP contribution < -0.4 is 40.7 Å². The van der Waals surface area contributed by atoms with Crippen molar-refractivity contribution in [3.63, 3.8) is 0 Å². The van der Waals surface area contributed by atoms with Crippen molar-refractivity contribution in [3.05, 3.63) is 249 Å². The number of rotatable bonds is 10. The Balaban J connectivity index is 1.35. The molecule has 4 heteroatoms. The summed E-state index contributed by atoms with van der Waals surface area (Å²) in [6.07, 6.45) is 0. The summed E-state index contributed by atoms with van der Waals surface area (Å²) in [5, 5.41) is 25.7. The van der Waals surface area contributed by atoms with E-state index in [1.807, 2.05) is 0 Å². The fourth-order valence-electron chi connectivity index (χ4n) is 9.36. The van der Waals surface area contributed by atoms with Gasteiger partial charge in [-0.15, -0.1) is 0 Å². The number of aromatic hydroxyl groups is 1. The summed E-state index contributed by atoms with van der Waals surface area (Å²) >= 11 is 0. The van der Waals surface area contributed by atoms with E-state index in [4.69, 9.17) is 4.43 Å². The van der Waals surface area contributed by atoms with E-state index >= 15 is 0 Å². The summed E-state index contributed by atoms with van der Waals surface area (Å²) in [5.74, 6) is 0.991. The second-order valence-corrected chi connectivity index (χ2v) is 22.3. The van der Waals surface area contributed by atoms with Gasteiger partial charge in [0.05, 0.1) is 0 Å². The molecule has 0 saturated carbocycles. The highest BCUT2D eigenvalue weighted by atomic mass is 28.4. The third kappa shape index (κ3) is 6.17. The van der Waals surface area contributed by atoms with Crippen LogP contribution in [0.1, 0.15) is 0 Å². The Labute approximate surface area is 353 Å². The van der Waals surface area contributed by atoms with Crippen molar-refractivity contribution in [2.45, 2.75) is 0 Å². The van der Waals surface area contributed by atoms with Crippen LogP contribution in [0.3, 0.4) is 0 Å². The fraction of sp³-hybridized carbons (Fsp3) is 0. The predicted octanol–water partition coefficient (Wildman–Crippen LogP) is 8.79. The number of fused-ring (bicyclic) bond motifs is 2. The minimum absolute atomic E-state index is 0.268. The van der Waals surface area contributed by atoms with Crippen molar-refractivity contribution in [3.8, 4) is 22.6 Å². The van der Waals surface area contributed by atoms with E-state index in [2.05, 4.69) is 249 Å². The summed E-state index contributed by atoms with van der Waals surface area (Å²) in [6, 6.07) is 88.1. The molecule has 0 amide bonds. The average Bonchev–Trinajstić information content (AvgIpc) is 3.33. The maximum absolute atomic E-state index is 13.7. The van der Waals surface area contributed by atoms with Gasteiger partial charge in [-0.25, -0.2) is 0 Å². The molecule has 10 aromatic rings. The highest BCUT2D eigenvalue weighted by Crippen LogP contribution is 2.45. The normalized spacial score (nSPS) is 11.7. The SMILES string of the molecule is Oc1c([Si](c2ccccc2)(c2ccccc2)c2ccccc2)cc2ccccc2c1-c1c(O[Si](c2ccccc2)(c2ccccc2)c2ccccc2)ccc2ccccc12. The molecule has 10 rings (SSSR count). The van der Waals surface area contributed by atoms with Gasteiger partial charge >= 0.3 is 8.32 Å². The number of benzene rings is 10. The molecule has 0 aliphatic heterocycles. The molecule has 0 spiro atoms. The topological polar surface area (TPSA) is 29.5 Å². The van der Waals surface area contributed by atoms with Crippen molar-refractivity contribution < 1.29 is 9.53 Å². The number of hydrogen-bond donors (Lipinski definition) is 1. The summed E-state index contributed by atoms with van der Waals surface area (Å²) in [5.41, 5.74) is 1.65. The molecule has 1 N–H and O–H groups in total. The quantitative estimate of drug-likeness (QED) is 0.111. The molecular weight excluding hydrogens is 761 g/mol. The van der Waals surface area contributed by atoms with Crippen molar-refractivity contribution in [2.75, 3.05) is 0 Å². The van der Waals surface area contributed by atoms with Crippen molar-refractivity contribution in [1.82, 2.24) is 0 Å². The fourth-order valence-corrected chi connectivity index (χ4v) is 18.1. The highest BCUT2D eigenvalue weighted by Gasteiger charge is 2.46. The third-order valence-electron chi connectivity index (χ3n) is 12.0. The number of phenols is 1. The largest absolute Gasteiger partial charge is 0.530 e. The summed E-state index contributed by atoms with van der Waals surface area (Å²) in [4.78, 5) is 0. The van der Waals surface area contributed by atoms with E-state index in [0.29, 0.717) is 0 Å². The highest BCUT2D eigenvalue weighted by molar-refractivity contribution is 7.20. The zero-order chi connectivity index (χ0) is 40.4. The molecule has 0 aliphatic rings. The van der Waals surface area contributed by atoms with Crippen LogP contribution in [0.4, 0.5) is 0 Å². The molecule has 0 unspecified atom stereocenters. The number of phenolic OH excluding ortho intramolecular Hbond substituents is 1. The van der Waals surface area contributed by atoms with Crippen LogP contribution in [0.2, 0.25) is 0 Å². The van der Waals surface area contributed by atoms with Gasteiger partial charge in [-0.05, 0) is 63.9 Å². The van der Waals surface area contributed by atoms with E-state index in [-0.39, 0.29) is 5.75 Å². The van der Waals surface area contributed by atoms with Crippen molar-refractivity contribution in [1.29, 1.82) is 0 Å². The summed E-state index contributed by atoms with van der Waals surface area (Å²) in [7, 11) is -6.48. The zero-order valence-corrected chi connectivity index (χ0v) is 35.0. The minimum atomic E-state index is -3.28. The first-order chi connectivity index (χ1) is 29.7. The van der Waals surface area contributed by atoms with Crippen molar-refractivity contribution in [2.24, 2.45) is 0 Å².